The van der Waals surface area contributed by atoms with Gasteiger partial charge in [0, 0.05) is 25.6 Å². The Kier molecular flexibility index (Phi) is 8.11. The Labute approximate surface area is 122 Å². The number of aliphatic hydroxyl groups excluding tert-OH is 1. The molecule has 0 radical (unpaired) electrons. The van der Waals surface area contributed by atoms with Gasteiger partial charge < -0.3 is 15.2 Å². The van der Waals surface area contributed by atoms with Crippen molar-refractivity contribution in [2.24, 2.45) is 0 Å². The van der Waals surface area contributed by atoms with Crippen molar-refractivity contribution in [3.05, 3.63) is 0 Å². The van der Waals surface area contributed by atoms with Crippen LogP contribution in [0.25, 0.3) is 0 Å². The van der Waals surface area contributed by atoms with E-state index in [-0.39, 0.29) is 18.1 Å². The molecule has 1 amide bonds. The van der Waals surface area contributed by atoms with Crippen LogP contribution in [0.5, 0.6) is 0 Å². The molecule has 5 nitrogen and oxygen atoms in total. The highest BCUT2D eigenvalue weighted by molar-refractivity contribution is 5.76. The van der Waals surface area contributed by atoms with E-state index in [0.29, 0.717) is 19.6 Å². The Morgan fingerprint density at radius 1 is 1.50 bits per heavy atom. The highest BCUT2D eigenvalue weighted by Crippen LogP contribution is 2.11. The van der Waals surface area contributed by atoms with Gasteiger partial charge in [0.05, 0.1) is 18.8 Å². The van der Waals surface area contributed by atoms with Crippen LogP contribution in [0.4, 0.5) is 0 Å². The molecule has 2 N–H and O–H groups in total. The quantitative estimate of drug-likeness (QED) is 0.703. The summed E-state index contributed by atoms with van der Waals surface area (Å²) in [5.41, 5.74) is 0. The number of ether oxygens (including phenoxy) is 1. The van der Waals surface area contributed by atoms with Gasteiger partial charge in [0.2, 0.25) is 5.91 Å². The third kappa shape index (κ3) is 7.22. The van der Waals surface area contributed by atoms with Gasteiger partial charge in [-0.2, -0.15) is 0 Å². The molecule has 1 fully saturated rings. The van der Waals surface area contributed by atoms with Crippen molar-refractivity contribution in [3.8, 4) is 0 Å². The Bertz CT molecular complexity index is 284. The topological polar surface area (TPSA) is 61.8 Å². The monoisotopic (exact) mass is 286 g/mol. The van der Waals surface area contributed by atoms with E-state index < -0.39 is 6.10 Å². The maximum absolute atomic E-state index is 11.6. The van der Waals surface area contributed by atoms with Crippen molar-refractivity contribution in [2.45, 2.75) is 64.7 Å². The summed E-state index contributed by atoms with van der Waals surface area (Å²) in [6.07, 6.45) is 3.27. The number of likely N-dealkylation sites (tertiary alicyclic amines) is 1. The lowest BCUT2D eigenvalue weighted by Crippen LogP contribution is -2.49. The first kappa shape index (κ1) is 17.4. The molecule has 2 atom stereocenters. The molecule has 1 heterocycles. The molecule has 2 unspecified atom stereocenters. The van der Waals surface area contributed by atoms with Crippen LogP contribution in [0.3, 0.4) is 0 Å². The highest BCUT2D eigenvalue weighted by Gasteiger charge is 2.22. The zero-order valence-electron chi connectivity index (χ0n) is 13.1. The van der Waals surface area contributed by atoms with Gasteiger partial charge in [-0.25, -0.2) is 0 Å². The third-order valence-electron chi connectivity index (χ3n) is 3.44. The van der Waals surface area contributed by atoms with Crippen molar-refractivity contribution < 1.29 is 14.6 Å². The number of rotatable bonds is 8. The number of hydrogen-bond donors (Lipinski definition) is 2. The van der Waals surface area contributed by atoms with Crippen LogP contribution < -0.4 is 5.32 Å². The van der Waals surface area contributed by atoms with E-state index in [2.05, 4.69) is 10.2 Å². The third-order valence-corrected chi connectivity index (χ3v) is 3.44. The number of carbonyl (C=O) groups excluding carboxylic acids is 1. The summed E-state index contributed by atoms with van der Waals surface area (Å²) in [6, 6.07) is 0.223. The van der Waals surface area contributed by atoms with Crippen molar-refractivity contribution in [1.82, 2.24) is 10.2 Å². The molecule has 0 spiro atoms. The van der Waals surface area contributed by atoms with E-state index in [1.165, 1.54) is 0 Å². The van der Waals surface area contributed by atoms with Crippen molar-refractivity contribution >= 4 is 5.91 Å². The van der Waals surface area contributed by atoms with Gasteiger partial charge in [0.1, 0.15) is 0 Å². The number of piperidine rings is 1. The van der Waals surface area contributed by atoms with E-state index in [4.69, 9.17) is 4.74 Å². The van der Waals surface area contributed by atoms with Crippen LogP contribution in [0, 0.1) is 0 Å². The van der Waals surface area contributed by atoms with E-state index in [1.807, 2.05) is 20.8 Å². The second-order valence-corrected chi connectivity index (χ2v) is 5.95. The van der Waals surface area contributed by atoms with Crippen molar-refractivity contribution in [3.63, 3.8) is 0 Å². The van der Waals surface area contributed by atoms with Crippen LogP contribution in [0.1, 0.15) is 46.5 Å². The first-order chi connectivity index (χ1) is 9.51. The predicted molar refractivity (Wildman–Crippen MR) is 79.6 cm³/mol. The van der Waals surface area contributed by atoms with Crippen LogP contribution in [0.2, 0.25) is 0 Å². The maximum atomic E-state index is 11.6. The van der Waals surface area contributed by atoms with Gasteiger partial charge in [-0.3, -0.25) is 9.69 Å². The minimum Gasteiger partial charge on any atom is -0.389 e. The lowest BCUT2D eigenvalue weighted by atomic mass is 10.0. The SMILES string of the molecule is CCCC(=O)NC1CCCN(CC(O)COC(C)C)C1. The van der Waals surface area contributed by atoms with E-state index in [9.17, 15) is 9.90 Å². The fourth-order valence-corrected chi connectivity index (χ4v) is 2.52. The average molecular weight is 286 g/mol. The minimum atomic E-state index is -0.456. The minimum absolute atomic E-state index is 0.142. The molecule has 1 aliphatic heterocycles. The molecule has 0 aromatic rings. The molecule has 1 rings (SSSR count). The van der Waals surface area contributed by atoms with Gasteiger partial charge in [0.15, 0.2) is 0 Å². The fourth-order valence-electron chi connectivity index (χ4n) is 2.52. The summed E-state index contributed by atoms with van der Waals surface area (Å²) >= 11 is 0. The largest absolute Gasteiger partial charge is 0.389 e. The summed E-state index contributed by atoms with van der Waals surface area (Å²) in [7, 11) is 0. The molecule has 0 aromatic heterocycles. The van der Waals surface area contributed by atoms with E-state index >= 15 is 0 Å². The van der Waals surface area contributed by atoms with Gasteiger partial charge in [-0.05, 0) is 39.7 Å². The Hall–Kier alpha value is -0.650. The lowest BCUT2D eigenvalue weighted by Gasteiger charge is -2.34. The van der Waals surface area contributed by atoms with Crippen LogP contribution >= 0.6 is 0 Å². The fraction of sp³-hybridized carbons (Fsp3) is 0.933. The molecule has 5 heteroatoms. The number of carbonyl (C=O) groups is 1. The zero-order chi connectivity index (χ0) is 15.0. The number of β-amino-alcohol motifs (C(OH)–C–C–N with tert-alkyl or cyclic N) is 1. The molecule has 20 heavy (non-hydrogen) atoms. The second-order valence-electron chi connectivity index (χ2n) is 5.95. The zero-order valence-corrected chi connectivity index (χ0v) is 13.1. The summed E-state index contributed by atoms with van der Waals surface area (Å²) in [5, 5.41) is 13.0. The molecule has 1 aliphatic rings. The van der Waals surface area contributed by atoms with Crippen LogP contribution in [0.15, 0.2) is 0 Å². The second kappa shape index (κ2) is 9.32. The van der Waals surface area contributed by atoms with Crippen molar-refractivity contribution in [1.29, 1.82) is 0 Å². The number of amides is 1. The molecule has 0 saturated carbocycles. The van der Waals surface area contributed by atoms with E-state index in [0.717, 1.165) is 32.4 Å². The van der Waals surface area contributed by atoms with Gasteiger partial charge in [0.25, 0.3) is 0 Å². The first-order valence-corrected chi connectivity index (χ1v) is 7.82. The normalized spacial score (nSPS) is 21.9. The smallest absolute Gasteiger partial charge is 0.220 e. The van der Waals surface area contributed by atoms with Gasteiger partial charge in [-0.15, -0.1) is 0 Å². The van der Waals surface area contributed by atoms with Crippen molar-refractivity contribution in [2.75, 3.05) is 26.2 Å². The maximum Gasteiger partial charge on any atom is 0.220 e. The van der Waals surface area contributed by atoms with E-state index in [1.54, 1.807) is 0 Å². The average Bonchev–Trinajstić information content (AvgIpc) is 2.37. The molecule has 1 saturated heterocycles. The lowest BCUT2D eigenvalue weighted by molar-refractivity contribution is -0.122. The Morgan fingerprint density at radius 2 is 2.25 bits per heavy atom. The summed E-state index contributed by atoms with van der Waals surface area (Å²) in [5.74, 6) is 0.142. The molecular formula is C15H30N2O3. The summed E-state index contributed by atoms with van der Waals surface area (Å²) < 4.78 is 5.42. The number of nitrogens with zero attached hydrogens (tertiary/aromatic N) is 1. The standard InChI is InChI=1S/C15H30N2O3/c1-4-6-15(19)16-13-7-5-8-17(9-13)10-14(18)11-20-12(2)3/h12-14,18H,4-11H2,1-3H3,(H,16,19). The molecule has 0 aliphatic carbocycles. The number of aliphatic hydroxyl groups is 1. The summed E-state index contributed by atoms with van der Waals surface area (Å²) in [4.78, 5) is 13.8. The number of nitrogens with one attached hydrogen (secondary N) is 1. The molecular weight excluding hydrogens is 256 g/mol. The van der Waals surface area contributed by atoms with Gasteiger partial charge in [-0.1, -0.05) is 6.92 Å². The molecule has 0 bridgehead atoms. The highest BCUT2D eigenvalue weighted by atomic mass is 16.5. The Balaban J connectivity index is 2.27. The van der Waals surface area contributed by atoms with Gasteiger partial charge >= 0.3 is 0 Å². The first-order valence-electron chi connectivity index (χ1n) is 7.82. The Morgan fingerprint density at radius 3 is 2.90 bits per heavy atom. The molecule has 0 aromatic carbocycles. The molecule has 118 valence electrons. The number of hydrogen-bond acceptors (Lipinski definition) is 4. The predicted octanol–water partition coefficient (Wildman–Crippen LogP) is 1.15. The summed E-state index contributed by atoms with van der Waals surface area (Å²) in [6.45, 7) is 8.75. The van der Waals surface area contributed by atoms with Crippen LogP contribution in [-0.2, 0) is 9.53 Å². The van der Waals surface area contributed by atoms with Crippen LogP contribution in [-0.4, -0.2) is 60.4 Å².